The van der Waals surface area contributed by atoms with Crippen LogP contribution in [0.15, 0.2) is 23.1 Å². The van der Waals surface area contributed by atoms with Crippen LogP contribution < -0.4 is 9.47 Å². The first-order valence-electron chi connectivity index (χ1n) is 9.39. The van der Waals surface area contributed by atoms with E-state index in [1.807, 2.05) is 0 Å². The minimum atomic E-state index is -4.10. The molecule has 1 aromatic rings. The summed E-state index contributed by atoms with van der Waals surface area (Å²) >= 11 is 0. The molecule has 2 aliphatic rings. The molecule has 1 saturated carbocycles. The fraction of sp³-hybridized carbons (Fsp3) is 0.526. The number of carbonyl (C=O) groups excluding carboxylic acids is 1. The predicted molar refractivity (Wildman–Crippen MR) is 110 cm³/mol. The monoisotopic (exact) mass is 459 g/mol. The Balaban J connectivity index is 2.10. The zero-order valence-electron chi connectivity index (χ0n) is 17.0. The maximum absolute atomic E-state index is 13.7. The molecule has 0 N–H and O–H groups in total. The molecule has 3 rings (SSSR count). The van der Waals surface area contributed by atoms with Crippen LogP contribution in [0.4, 0.5) is 0 Å². The van der Waals surface area contributed by atoms with Crippen molar-refractivity contribution in [2.75, 3.05) is 32.8 Å². The number of esters is 1. The summed E-state index contributed by atoms with van der Waals surface area (Å²) in [6.07, 6.45) is 4.20. The fourth-order valence-electron chi connectivity index (χ4n) is 3.58. The molecule has 166 valence electrons. The lowest BCUT2D eigenvalue weighted by molar-refractivity contribution is -0.134. The number of benzene rings is 1. The molecule has 2 fully saturated rings. The van der Waals surface area contributed by atoms with Gasteiger partial charge in [0.15, 0.2) is 21.3 Å². The quantitative estimate of drug-likeness (QED) is 0.421. The van der Waals surface area contributed by atoms with Gasteiger partial charge < -0.3 is 14.2 Å². The fourth-order valence-corrected chi connectivity index (χ4v) is 7.49. The highest BCUT2D eigenvalue weighted by Crippen LogP contribution is 2.42. The number of sulfonamides is 1. The normalized spacial score (nSPS) is 21.1. The zero-order valence-corrected chi connectivity index (χ0v) is 18.7. The third-order valence-electron chi connectivity index (χ3n) is 5.11. The van der Waals surface area contributed by atoms with Gasteiger partial charge in [-0.1, -0.05) is 0 Å². The molecule has 1 saturated heterocycles. The lowest BCUT2D eigenvalue weighted by Gasteiger charge is -2.28. The molecule has 1 aliphatic carbocycles. The smallest absolute Gasteiger partial charge is 0.330 e. The van der Waals surface area contributed by atoms with Crippen LogP contribution in [0.5, 0.6) is 11.5 Å². The number of nitrogens with zero attached hydrogens (tertiary/aromatic N) is 1. The van der Waals surface area contributed by atoms with Crippen LogP contribution in [0.25, 0.3) is 6.08 Å². The molecular weight excluding hydrogens is 434 g/mol. The first kappa shape index (κ1) is 22.6. The molecule has 9 nitrogen and oxygen atoms in total. The van der Waals surface area contributed by atoms with E-state index in [0.717, 1.165) is 0 Å². The van der Waals surface area contributed by atoms with E-state index in [4.69, 9.17) is 9.47 Å². The highest BCUT2D eigenvalue weighted by atomic mass is 32.2. The summed E-state index contributed by atoms with van der Waals surface area (Å²) in [7, 11) is -3.42. The molecule has 1 unspecified atom stereocenters. The summed E-state index contributed by atoms with van der Waals surface area (Å²) in [6.45, 7) is 0. The van der Waals surface area contributed by atoms with Crippen molar-refractivity contribution in [3.63, 3.8) is 0 Å². The van der Waals surface area contributed by atoms with Crippen LogP contribution in [-0.4, -0.2) is 72.0 Å². The molecule has 0 amide bonds. The Morgan fingerprint density at radius 3 is 2.30 bits per heavy atom. The number of ether oxygens (including phenoxy) is 3. The molecule has 1 aromatic carbocycles. The second-order valence-corrected chi connectivity index (χ2v) is 11.3. The third kappa shape index (κ3) is 4.62. The Morgan fingerprint density at radius 2 is 1.80 bits per heavy atom. The molecule has 0 aromatic heterocycles. The van der Waals surface area contributed by atoms with E-state index in [-0.39, 0.29) is 40.4 Å². The van der Waals surface area contributed by atoms with E-state index < -0.39 is 31.9 Å². The van der Waals surface area contributed by atoms with Crippen LogP contribution in [0.2, 0.25) is 0 Å². The van der Waals surface area contributed by atoms with E-state index in [0.29, 0.717) is 18.4 Å². The highest BCUT2D eigenvalue weighted by molar-refractivity contribution is 7.92. The summed E-state index contributed by atoms with van der Waals surface area (Å²) < 4.78 is 67.9. The lowest BCUT2D eigenvalue weighted by Crippen LogP contribution is -2.42. The van der Waals surface area contributed by atoms with Gasteiger partial charge in [-0.2, -0.15) is 4.31 Å². The number of carbonyl (C=O) groups is 1. The average molecular weight is 460 g/mol. The van der Waals surface area contributed by atoms with Gasteiger partial charge in [0.25, 0.3) is 0 Å². The molecule has 0 spiro atoms. The highest BCUT2D eigenvalue weighted by Gasteiger charge is 2.47. The Labute approximate surface area is 176 Å². The van der Waals surface area contributed by atoms with Gasteiger partial charge in [0.05, 0.1) is 32.8 Å². The molecule has 1 atom stereocenters. The molecule has 1 aliphatic heterocycles. The summed E-state index contributed by atoms with van der Waals surface area (Å²) in [4.78, 5) is 11.3. The van der Waals surface area contributed by atoms with Crippen LogP contribution >= 0.6 is 0 Å². The van der Waals surface area contributed by atoms with Gasteiger partial charge in [0, 0.05) is 18.2 Å². The van der Waals surface area contributed by atoms with E-state index in [2.05, 4.69) is 4.74 Å². The van der Waals surface area contributed by atoms with Gasteiger partial charge in [-0.15, -0.1) is 0 Å². The number of sulfone groups is 1. The van der Waals surface area contributed by atoms with Crippen molar-refractivity contribution < 1.29 is 35.8 Å². The number of hydrogen-bond acceptors (Lipinski definition) is 8. The van der Waals surface area contributed by atoms with E-state index >= 15 is 0 Å². The van der Waals surface area contributed by atoms with Gasteiger partial charge in [0.2, 0.25) is 10.0 Å². The summed E-state index contributed by atoms with van der Waals surface area (Å²) in [5.41, 5.74) is 0.395. The molecule has 11 heteroatoms. The van der Waals surface area contributed by atoms with Crippen LogP contribution in [-0.2, 0) is 29.4 Å². The van der Waals surface area contributed by atoms with Gasteiger partial charge >= 0.3 is 5.97 Å². The Hall–Kier alpha value is -2.11. The van der Waals surface area contributed by atoms with Gasteiger partial charge in [-0.05, 0) is 43.0 Å². The first-order chi connectivity index (χ1) is 14.1. The summed E-state index contributed by atoms with van der Waals surface area (Å²) in [6, 6.07) is 2.07. The van der Waals surface area contributed by atoms with Gasteiger partial charge in [0.1, 0.15) is 4.90 Å². The third-order valence-corrected chi connectivity index (χ3v) is 8.87. The van der Waals surface area contributed by atoms with Gasteiger partial charge in [-0.25, -0.2) is 21.6 Å². The van der Waals surface area contributed by atoms with E-state index in [9.17, 15) is 21.6 Å². The van der Waals surface area contributed by atoms with Crippen LogP contribution in [0, 0.1) is 0 Å². The largest absolute Gasteiger partial charge is 0.493 e. The van der Waals surface area contributed by atoms with Crippen LogP contribution in [0.1, 0.15) is 24.8 Å². The van der Waals surface area contributed by atoms with Crippen molar-refractivity contribution in [2.45, 2.75) is 36.2 Å². The van der Waals surface area contributed by atoms with Crippen molar-refractivity contribution >= 4 is 31.9 Å². The van der Waals surface area contributed by atoms with Crippen molar-refractivity contribution in [3.8, 4) is 11.5 Å². The molecular formula is C19H25NO8S2. The topological polar surface area (TPSA) is 116 Å². The van der Waals surface area contributed by atoms with Crippen molar-refractivity contribution in [2.24, 2.45) is 0 Å². The Morgan fingerprint density at radius 1 is 1.10 bits per heavy atom. The second-order valence-electron chi connectivity index (χ2n) is 7.23. The van der Waals surface area contributed by atoms with Crippen LogP contribution in [0.3, 0.4) is 0 Å². The summed E-state index contributed by atoms with van der Waals surface area (Å²) in [5.74, 6) is -0.606. The second kappa shape index (κ2) is 8.56. The van der Waals surface area contributed by atoms with Crippen molar-refractivity contribution in [1.29, 1.82) is 0 Å². The standard InChI is InChI=1S/C19H25NO8S2/c1-26-16-10-13(4-7-18(21)27-2)11-17(19(16)28-3)30(24,25)20(14-5-6-14)15-8-9-29(22,23)12-15/h4,7,10-11,14-15H,5-6,8-9,12H2,1-3H3/b7-4+. The Bertz CT molecular complexity index is 1060. The maximum Gasteiger partial charge on any atom is 0.330 e. The average Bonchev–Trinajstić information content (AvgIpc) is 3.47. The predicted octanol–water partition coefficient (Wildman–Crippen LogP) is 1.23. The van der Waals surface area contributed by atoms with Gasteiger partial charge in [-0.3, -0.25) is 0 Å². The minimum absolute atomic E-state index is 0.0271. The van der Waals surface area contributed by atoms with Crippen molar-refractivity contribution in [3.05, 3.63) is 23.8 Å². The minimum Gasteiger partial charge on any atom is -0.493 e. The molecule has 0 radical (unpaired) electrons. The zero-order chi connectivity index (χ0) is 22.1. The maximum atomic E-state index is 13.7. The molecule has 1 heterocycles. The summed E-state index contributed by atoms with van der Waals surface area (Å²) in [5, 5.41) is 0. The number of rotatable bonds is 8. The first-order valence-corrected chi connectivity index (χ1v) is 12.6. The number of methoxy groups -OCH3 is 3. The van der Waals surface area contributed by atoms with E-state index in [1.165, 1.54) is 43.9 Å². The number of hydrogen-bond donors (Lipinski definition) is 0. The SMILES string of the molecule is COC(=O)/C=C/c1cc(OC)c(OC)c(S(=O)(=O)N(C2CC2)C2CCS(=O)(=O)C2)c1. The molecule has 30 heavy (non-hydrogen) atoms. The lowest BCUT2D eigenvalue weighted by atomic mass is 10.2. The Kier molecular flexibility index (Phi) is 6.44. The van der Waals surface area contributed by atoms with Crippen molar-refractivity contribution in [1.82, 2.24) is 4.31 Å². The molecule has 0 bridgehead atoms. The van der Waals surface area contributed by atoms with E-state index in [1.54, 1.807) is 6.07 Å².